The third kappa shape index (κ3) is 5.90. The lowest BCUT2D eigenvalue weighted by Crippen LogP contribution is -2.47. The molecule has 1 saturated carbocycles. The largest absolute Gasteiger partial charge is 0.343 e. The van der Waals surface area contributed by atoms with Crippen molar-refractivity contribution in [3.63, 3.8) is 0 Å². The van der Waals surface area contributed by atoms with Crippen molar-refractivity contribution in [2.45, 2.75) is 70.6 Å². The average Bonchev–Trinajstić information content (AvgIpc) is 3.69. The number of nitrogens with zero attached hydrogens (tertiary/aromatic N) is 5. The molecule has 1 aliphatic carbocycles. The van der Waals surface area contributed by atoms with Gasteiger partial charge in [-0.3, -0.25) is 9.59 Å². The number of hydrogen-bond donors (Lipinski definition) is 0. The van der Waals surface area contributed by atoms with Crippen LogP contribution in [0.25, 0.3) is 0 Å². The summed E-state index contributed by atoms with van der Waals surface area (Å²) in [4.78, 5) is 41.5. The summed E-state index contributed by atoms with van der Waals surface area (Å²) in [6.07, 6.45) is 9.84. The Bertz CT molecular complexity index is 1240. The lowest BCUT2D eigenvalue weighted by atomic mass is 9.70. The number of carbonyl (C=O) groups is 2. The predicted octanol–water partition coefficient (Wildman–Crippen LogP) is 4.77. The van der Waals surface area contributed by atoms with Gasteiger partial charge in [0.05, 0.1) is 17.0 Å². The minimum absolute atomic E-state index is 0.0563. The molecule has 4 heterocycles. The molecule has 2 amide bonds. The van der Waals surface area contributed by atoms with Crippen LogP contribution >= 0.6 is 0 Å². The molecule has 1 aromatic carbocycles. The molecule has 0 bridgehead atoms. The number of halogens is 1. The van der Waals surface area contributed by atoms with Gasteiger partial charge < -0.3 is 14.7 Å². The van der Waals surface area contributed by atoms with Crippen LogP contribution in [0, 0.1) is 37.4 Å². The van der Waals surface area contributed by atoms with Crippen molar-refractivity contribution in [3.8, 4) is 0 Å². The molecule has 41 heavy (non-hydrogen) atoms. The van der Waals surface area contributed by atoms with Crippen LogP contribution in [0.4, 0.5) is 4.39 Å². The summed E-state index contributed by atoms with van der Waals surface area (Å²) in [5.41, 5.74) is 3.10. The van der Waals surface area contributed by atoms with E-state index < -0.39 is 0 Å². The van der Waals surface area contributed by atoms with Gasteiger partial charge in [0.15, 0.2) is 0 Å². The zero-order chi connectivity index (χ0) is 28.6. The van der Waals surface area contributed by atoms with Gasteiger partial charge in [-0.15, -0.1) is 0 Å². The number of hydrogen-bond acceptors (Lipinski definition) is 5. The highest BCUT2D eigenvalue weighted by Crippen LogP contribution is 2.41. The molecule has 3 saturated heterocycles. The van der Waals surface area contributed by atoms with Gasteiger partial charge in [0.1, 0.15) is 12.1 Å². The Morgan fingerprint density at radius 2 is 1.61 bits per heavy atom. The third-order valence-electron chi connectivity index (χ3n) is 10.6. The number of rotatable bonds is 7. The van der Waals surface area contributed by atoms with Crippen molar-refractivity contribution in [2.75, 3.05) is 45.8 Å². The quantitative estimate of drug-likeness (QED) is 0.487. The molecule has 0 radical (unpaired) electrons. The van der Waals surface area contributed by atoms with Gasteiger partial charge in [0.2, 0.25) is 5.91 Å². The van der Waals surface area contributed by atoms with E-state index in [2.05, 4.69) is 25.8 Å². The fraction of sp³-hybridized carbons (Fsp3) is 0.636. The zero-order valence-corrected chi connectivity index (χ0v) is 24.7. The second-order valence-corrected chi connectivity index (χ2v) is 13.2. The summed E-state index contributed by atoms with van der Waals surface area (Å²) in [7, 11) is 0. The fourth-order valence-corrected chi connectivity index (χ4v) is 8.15. The van der Waals surface area contributed by atoms with Crippen LogP contribution < -0.4 is 0 Å². The molecule has 7 nitrogen and oxygen atoms in total. The number of benzene rings is 1. The predicted molar refractivity (Wildman–Crippen MR) is 156 cm³/mol. The standard InChI is InChI=1S/C33H44FN5O2/c1-23-31(24(2)36-22-35-23)32(41)39-20-26-18-37(19-27(26)21-39)13-10-33(28-8-5-9-29(34)17-28)11-14-38(15-12-33)30(40)16-25-6-3-4-7-25/h5,8-9,17,22,25-27H,3-4,6-7,10-16,18-21H2,1-2H3. The summed E-state index contributed by atoms with van der Waals surface area (Å²) < 4.78 is 14.4. The maximum absolute atomic E-state index is 14.4. The highest BCUT2D eigenvalue weighted by Gasteiger charge is 2.44. The number of fused-ring (bicyclic) bond motifs is 1. The van der Waals surface area contributed by atoms with Crippen LogP contribution in [0.15, 0.2) is 30.6 Å². The van der Waals surface area contributed by atoms with Crippen molar-refractivity contribution < 1.29 is 14.0 Å². The topological polar surface area (TPSA) is 69.6 Å². The highest BCUT2D eigenvalue weighted by molar-refractivity contribution is 5.96. The van der Waals surface area contributed by atoms with E-state index in [0.717, 1.165) is 82.0 Å². The lowest BCUT2D eigenvalue weighted by Gasteiger charge is -2.43. The SMILES string of the molecule is Cc1ncnc(C)c1C(=O)N1CC2CN(CCC3(c4cccc(F)c4)CCN(C(=O)CC4CCCC4)CC3)CC2C1. The molecule has 0 spiro atoms. The number of carbonyl (C=O) groups excluding carboxylic acids is 2. The molecule has 2 unspecified atom stereocenters. The number of amides is 2. The number of aromatic nitrogens is 2. The first kappa shape index (κ1) is 28.3. The smallest absolute Gasteiger partial charge is 0.257 e. The first-order chi connectivity index (χ1) is 19.8. The van der Waals surface area contributed by atoms with Crippen molar-refractivity contribution >= 4 is 11.8 Å². The molecule has 4 fully saturated rings. The Morgan fingerprint density at radius 1 is 0.951 bits per heavy atom. The monoisotopic (exact) mass is 561 g/mol. The van der Waals surface area contributed by atoms with Crippen molar-refractivity contribution in [3.05, 3.63) is 58.9 Å². The Labute approximate surface area is 243 Å². The van der Waals surface area contributed by atoms with E-state index in [1.54, 1.807) is 6.07 Å². The van der Waals surface area contributed by atoms with Crippen LogP contribution in [0.2, 0.25) is 0 Å². The third-order valence-corrected chi connectivity index (χ3v) is 10.6. The van der Waals surface area contributed by atoms with Crippen molar-refractivity contribution in [1.82, 2.24) is 24.7 Å². The second kappa shape index (κ2) is 11.8. The van der Waals surface area contributed by atoms with Gasteiger partial charge in [-0.2, -0.15) is 0 Å². The van der Waals surface area contributed by atoms with Crippen LogP contribution in [0.3, 0.4) is 0 Å². The number of likely N-dealkylation sites (tertiary alicyclic amines) is 3. The molecule has 6 rings (SSSR count). The second-order valence-electron chi connectivity index (χ2n) is 13.2. The van der Waals surface area contributed by atoms with Gasteiger partial charge in [-0.05, 0) is 93.4 Å². The van der Waals surface area contributed by atoms with E-state index in [4.69, 9.17) is 0 Å². The normalized spacial score (nSPS) is 24.7. The minimum atomic E-state index is -0.184. The van der Waals surface area contributed by atoms with E-state index in [-0.39, 0.29) is 17.1 Å². The van der Waals surface area contributed by atoms with Crippen LogP contribution in [-0.2, 0) is 10.2 Å². The number of aryl methyl sites for hydroxylation is 2. The Kier molecular flexibility index (Phi) is 8.12. The van der Waals surface area contributed by atoms with Gasteiger partial charge in [0, 0.05) is 45.7 Å². The van der Waals surface area contributed by atoms with Crippen molar-refractivity contribution in [2.24, 2.45) is 17.8 Å². The van der Waals surface area contributed by atoms with Gasteiger partial charge in [0.25, 0.3) is 5.91 Å². The van der Waals surface area contributed by atoms with E-state index in [1.807, 2.05) is 24.8 Å². The van der Waals surface area contributed by atoms with Gasteiger partial charge >= 0.3 is 0 Å². The molecule has 2 aromatic rings. The zero-order valence-electron chi connectivity index (χ0n) is 24.7. The molecule has 0 N–H and O–H groups in total. The molecule has 220 valence electrons. The summed E-state index contributed by atoms with van der Waals surface area (Å²) in [5.74, 6) is 1.70. The summed E-state index contributed by atoms with van der Waals surface area (Å²) in [5, 5.41) is 0. The highest BCUT2D eigenvalue weighted by atomic mass is 19.1. The molecule has 3 aliphatic heterocycles. The first-order valence-corrected chi connectivity index (χ1v) is 15.6. The fourth-order valence-electron chi connectivity index (χ4n) is 8.15. The molecular weight excluding hydrogens is 517 g/mol. The molecule has 8 heteroatoms. The van der Waals surface area contributed by atoms with E-state index in [1.165, 1.54) is 38.1 Å². The Morgan fingerprint density at radius 3 is 2.24 bits per heavy atom. The van der Waals surface area contributed by atoms with Crippen LogP contribution in [0.5, 0.6) is 0 Å². The van der Waals surface area contributed by atoms with E-state index in [0.29, 0.717) is 35.6 Å². The molecular formula is C33H44FN5O2. The first-order valence-electron chi connectivity index (χ1n) is 15.6. The Hall–Kier alpha value is -2.87. The average molecular weight is 562 g/mol. The minimum Gasteiger partial charge on any atom is -0.343 e. The maximum atomic E-state index is 14.4. The van der Waals surface area contributed by atoms with Gasteiger partial charge in [-0.1, -0.05) is 25.0 Å². The van der Waals surface area contributed by atoms with Crippen molar-refractivity contribution in [1.29, 1.82) is 0 Å². The molecule has 1 aromatic heterocycles. The number of piperidine rings is 1. The van der Waals surface area contributed by atoms with Crippen LogP contribution in [0.1, 0.15) is 78.7 Å². The Balaban J connectivity index is 1.07. The molecule has 4 aliphatic rings. The van der Waals surface area contributed by atoms with Gasteiger partial charge in [-0.25, -0.2) is 14.4 Å². The van der Waals surface area contributed by atoms with E-state index >= 15 is 0 Å². The summed E-state index contributed by atoms with van der Waals surface area (Å²) in [6.45, 7) is 9.76. The van der Waals surface area contributed by atoms with Crippen LogP contribution in [-0.4, -0.2) is 82.3 Å². The van der Waals surface area contributed by atoms with E-state index in [9.17, 15) is 14.0 Å². The lowest BCUT2D eigenvalue weighted by molar-refractivity contribution is -0.133. The summed E-state index contributed by atoms with van der Waals surface area (Å²) in [6, 6.07) is 7.15. The summed E-state index contributed by atoms with van der Waals surface area (Å²) >= 11 is 0. The molecule has 2 atom stereocenters. The maximum Gasteiger partial charge on any atom is 0.257 e.